The average molecular weight is 314 g/mol. The highest BCUT2D eigenvalue weighted by Crippen LogP contribution is 2.37. The topological polar surface area (TPSA) is 3.24 Å². The molecule has 0 atom stereocenters. The van der Waals surface area contributed by atoms with Crippen LogP contribution in [0.1, 0.15) is 38.7 Å². The quantitative estimate of drug-likeness (QED) is 0.785. The molecule has 0 unspecified atom stereocenters. The molecule has 0 aromatic heterocycles. The van der Waals surface area contributed by atoms with Crippen molar-refractivity contribution in [3.05, 3.63) is 34.1 Å². The highest BCUT2D eigenvalue weighted by atomic mass is 79.9. The summed E-state index contributed by atoms with van der Waals surface area (Å²) < 4.78 is 14.2. The van der Waals surface area contributed by atoms with Crippen LogP contribution in [0, 0.1) is 11.2 Å². The maximum atomic E-state index is 13.3. The van der Waals surface area contributed by atoms with Gasteiger partial charge in [0.15, 0.2) is 0 Å². The molecule has 18 heavy (non-hydrogen) atoms. The van der Waals surface area contributed by atoms with E-state index in [0.717, 1.165) is 29.7 Å². The monoisotopic (exact) mass is 313 g/mol. The Balaban J connectivity index is 2.03. The second-order valence-corrected chi connectivity index (χ2v) is 6.36. The second kappa shape index (κ2) is 5.70. The molecule has 1 aliphatic rings. The second-order valence-electron chi connectivity index (χ2n) is 5.45. The Morgan fingerprint density at radius 2 is 2.00 bits per heavy atom. The average Bonchev–Trinajstić information content (AvgIpc) is 2.72. The van der Waals surface area contributed by atoms with Crippen molar-refractivity contribution in [2.45, 2.75) is 39.7 Å². The molecule has 0 N–H and O–H groups in total. The molecular formula is C15H21BrFN. The standard InChI is InChI=1S/C15H21BrFN/c1-3-15(4-2)5-6-18(11-15)10-12-7-13(16)9-14(17)8-12/h7-9H,3-6,10-11H2,1-2H3. The van der Waals surface area contributed by atoms with E-state index >= 15 is 0 Å². The van der Waals surface area contributed by atoms with E-state index < -0.39 is 0 Å². The van der Waals surface area contributed by atoms with Crippen molar-refractivity contribution < 1.29 is 4.39 Å². The predicted octanol–water partition coefficient (Wildman–Crippen LogP) is 4.60. The van der Waals surface area contributed by atoms with Crippen molar-refractivity contribution in [1.29, 1.82) is 0 Å². The summed E-state index contributed by atoms with van der Waals surface area (Å²) in [7, 11) is 0. The van der Waals surface area contributed by atoms with Gasteiger partial charge in [0.1, 0.15) is 5.82 Å². The van der Waals surface area contributed by atoms with E-state index in [1.807, 2.05) is 6.07 Å². The van der Waals surface area contributed by atoms with Crippen LogP contribution in [-0.2, 0) is 6.54 Å². The first-order chi connectivity index (χ1) is 8.57. The molecule has 0 spiro atoms. The highest BCUT2D eigenvalue weighted by Gasteiger charge is 2.34. The fourth-order valence-corrected chi connectivity index (χ4v) is 3.46. The molecule has 1 nitrogen and oxygen atoms in total. The summed E-state index contributed by atoms with van der Waals surface area (Å²) >= 11 is 3.35. The lowest BCUT2D eigenvalue weighted by Crippen LogP contribution is -2.26. The molecule has 0 radical (unpaired) electrons. The van der Waals surface area contributed by atoms with Gasteiger partial charge in [0.05, 0.1) is 0 Å². The summed E-state index contributed by atoms with van der Waals surface area (Å²) in [5, 5.41) is 0. The van der Waals surface area contributed by atoms with Crippen molar-refractivity contribution >= 4 is 15.9 Å². The van der Waals surface area contributed by atoms with Gasteiger partial charge in [-0.25, -0.2) is 4.39 Å². The number of rotatable bonds is 4. The maximum absolute atomic E-state index is 13.3. The molecule has 0 aliphatic carbocycles. The van der Waals surface area contributed by atoms with E-state index in [4.69, 9.17) is 0 Å². The van der Waals surface area contributed by atoms with Gasteiger partial charge in [0.25, 0.3) is 0 Å². The first kappa shape index (κ1) is 14.0. The third kappa shape index (κ3) is 3.12. The Kier molecular flexibility index (Phi) is 4.44. The Hall–Kier alpha value is -0.410. The SMILES string of the molecule is CCC1(CC)CCN(Cc2cc(F)cc(Br)c2)C1. The summed E-state index contributed by atoms with van der Waals surface area (Å²) in [6.45, 7) is 7.71. The van der Waals surface area contributed by atoms with Gasteiger partial charge >= 0.3 is 0 Å². The van der Waals surface area contributed by atoms with Crippen LogP contribution in [0.15, 0.2) is 22.7 Å². The Bertz CT molecular complexity index is 395. The van der Waals surface area contributed by atoms with Gasteiger partial charge in [-0.1, -0.05) is 29.8 Å². The molecule has 1 fully saturated rings. The molecule has 1 saturated heterocycles. The molecule has 0 amide bonds. The first-order valence-corrected chi connectivity index (χ1v) is 7.53. The van der Waals surface area contributed by atoms with Gasteiger partial charge < -0.3 is 0 Å². The summed E-state index contributed by atoms with van der Waals surface area (Å²) in [4.78, 5) is 2.45. The van der Waals surface area contributed by atoms with Crippen LogP contribution in [0.4, 0.5) is 4.39 Å². The lowest BCUT2D eigenvalue weighted by molar-refractivity contribution is 0.236. The molecule has 1 aromatic carbocycles. The smallest absolute Gasteiger partial charge is 0.124 e. The summed E-state index contributed by atoms with van der Waals surface area (Å²) in [5.74, 6) is -0.157. The van der Waals surface area contributed by atoms with E-state index in [-0.39, 0.29) is 5.82 Å². The number of nitrogens with zero attached hydrogens (tertiary/aromatic N) is 1. The van der Waals surface area contributed by atoms with Gasteiger partial charge in [-0.05, 0) is 55.0 Å². The number of likely N-dealkylation sites (tertiary alicyclic amines) is 1. The van der Waals surface area contributed by atoms with Gasteiger partial charge in [0, 0.05) is 17.6 Å². The number of hydrogen-bond acceptors (Lipinski definition) is 1. The van der Waals surface area contributed by atoms with Crippen LogP contribution in [0.25, 0.3) is 0 Å². The van der Waals surface area contributed by atoms with E-state index in [2.05, 4.69) is 34.7 Å². The van der Waals surface area contributed by atoms with E-state index in [1.54, 1.807) is 6.07 Å². The molecule has 3 heteroatoms. The van der Waals surface area contributed by atoms with Crippen LogP contribution in [0.2, 0.25) is 0 Å². The van der Waals surface area contributed by atoms with Crippen molar-refractivity contribution in [2.24, 2.45) is 5.41 Å². The van der Waals surface area contributed by atoms with Crippen molar-refractivity contribution in [2.75, 3.05) is 13.1 Å². The number of hydrogen-bond donors (Lipinski definition) is 0. The van der Waals surface area contributed by atoms with E-state index in [9.17, 15) is 4.39 Å². The van der Waals surface area contributed by atoms with Crippen LogP contribution >= 0.6 is 15.9 Å². The number of benzene rings is 1. The van der Waals surface area contributed by atoms with Gasteiger partial charge in [-0.3, -0.25) is 4.90 Å². The molecule has 0 saturated carbocycles. The summed E-state index contributed by atoms with van der Waals surface area (Å²) in [6.07, 6.45) is 3.76. The lowest BCUT2D eigenvalue weighted by atomic mass is 9.82. The van der Waals surface area contributed by atoms with Gasteiger partial charge in [-0.2, -0.15) is 0 Å². The van der Waals surface area contributed by atoms with Crippen LogP contribution in [0.3, 0.4) is 0 Å². The molecular weight excluding hydrogens is 293 g/mol. The first-order valence-electron chi connectivity index (χ1n) is 6.74. The fraction of sp³-hybridized carbons (Fsp3) is 0.600. The third-order valence-electron chi connectivity index (χ3n) is 4.35. The highest BCUT2D eigenvalue weighted by molar-refractivity contribution is 9.10. The van der Waals surface area contributed by atoms with Gasteiger partial charge in [-0.15, -0.1) is 0 Å². The Morgan fingerprint density at radius 1 is 1.28 bits per heavy atom. The fourth-order valence-electron chi connectivity index (χ4n) is 2.95. The Labute approximate surface area is 118 Å². The molecule has 2 rings (SSSR count). The minimum absolute atomic E-state index is 0.157. The van der Waals surface area contributed by atoms with Crippen LogP contribution in [-0.4, -0.2) is 18.0 Å². The normalized spacial score (nSPS) is 19.3. The van der Waals surface area contributed by atoms with E-state index in [1.165, 1.54) is 25.3 Å². The molecule has 1 aliphatic heterocycles. The molecule has 0 bridgehead atoms. The third-order valence-corrected chi connectivity index (χ3v) is 4.80. The zero-order valence-corrected chi connectivity index (χ0v) is 12.8. The van der Waals surface area contributed by atoms with Crippen LogP contribution < -0.4 is 0 Å². The molecule has 100 valence electrons. The summed E-state index contributed by atoms with van der Waals surface area (Å²) in [5.41, 5.74) is 1.55. The molecule has 1 aromatic rings. The maximum Gasteiger partial charge on any atom is 0.124 e. The van der Waals surface area contributed by atoms with E-state index in [0.29, 0.717) is 5.41 Å². The zero-order valence-electron chi connectivity index (χ0n) is 11.2. The minimum Gasteiger partial charge on any atom is -0.299 e. The lowest BCUT2D eigenvalue weighted by Gasteiger charge is -2.26. The summed E-state index contributed by atoms with van der Waals surface area (Å²) in [6, 6.07) is 5.17. The Morgan fingerprint density at radius 3 is 2.56 bits per heavy atom. The van der Waals surface area contributed by atoms with Crippen molar-refractivity contribution in [1.82, 2.24) is 4.90 Å². The van der Waals surface area contributed by atoms with Crippen molar-refractivity contribution in [3.8, 4) is 0 Å². The van der Waals surface area contributed by atoms with Crippen molar-refractivity contribution in [3.63, 3.8) is 0 Å². The molecule has 1 heterocycles. The predicted molar refractivity (Wildman–Crippen MR) is 77.0 cm³/mol. The number of halogens is 2. The largest absolute Gasteiger partial charge is 0.299 e. The minimum atomic E-state index is -0.157. The zero-order chi connectivity index (χ0) is 13.2. The van der Waals surface area contributed by atoms with Gasteiger partial charge in [0.2, 0.25) is 0 Å². The van der Waals surface area contributed by atoms with Crippen LogP contribution in [0.5, 0.6) is 0 Å².